The molecule has 0 bridgehead atoms. The molecular weight excluding hydrogens is 370 g/mol. The normalized spacial score (nSPS) is 15.1. The lowest BCUT2D eigenvalue weighted by molar-refractivity contribution is 0.113. The van der Waals surface area contributed by atoms with Gasteiger partial charge in [0.05, 0.1) is 18.9 Å². The molecule has 0 N–H and O–H groups in total. The van der Waals surface area contributed by atoms with Gasteiger partial charge in [-0.3, -0.25) is 9.91 Å². The van der Waals surface area contributed by atoms with Crippen molar-refractivity contribution >= 4 is 6.21 Å². The zero-order valence-electron chi connectivity index (χ0n) is 17.5. The maximum absolute atomic E-state index is 5.71. The lowest BCUT2D eigenvalue weighted by Crippen LogP contribution is -2.45. The van der Waals surface area contributed by atoms with Crippen molar-refractivity contribution in [3.05, 3.63) is 102 Å². The molecule has 4 rings (SSSR count). The van der Waals surface area contributed by atoms with Gasteiger partial charge < -0.3 is 4.74 Å². The van der Waals surface area contributed by atoms with Crippen molar-refractivity contribution in [3.63, 3.8) is 0 Å². The number of ether oxygens (including phenoxy) is 1. The van der Waals surface area contributed by atoms with Gasteiger partial charge in [-0.05, 0) is 30.2 Å². The van der Waals surface area contributed by atoms with E-state index in [1.807, 2.05) is 37.4 Å². The molecule has 30 heavy (non-hydrogen) atoms. The smallest absolute Gasteiger partial charge is 0.128 e. The minimum Gasteiger partial charge on any atom is -0.493 e. The fourth-order valence-electron chi connectivity index (χ4n) is 3.99. The second-order valence-electron chi connectivity index (χ2n) is 7.43. The third kappa shape index (κ3) is 4.89. The van der Waals surface area contributed by atoms with E-state index >= 15 is 0 Å². The van der Waals surface area contributed by atoms with Crippen LogP contribution in [0.15, 0.2) is 90.0 Å². The van der Waals surface area contributed by atoms with Crippen molar-refractivity contribution in [1.82, 2.24) is 9.91 Å². The van der Waals surface area contributed by atoms with Gasteiger partial charge in [0.25, 0.3) is 0 Å². The van der Waals surface area contributed by atoms with E-state index in [4.69, 9.17) is 9.84 Å². The number of hydrogen-bond donors (Lipinski definition) is 0. The summed E-state index contributed by atoms with van der Waals surface area (Å²) >= 11 is 0. The quantitative estimate of drug-likeness (QED) is 0.533. The predicted octanol–water partition coefficient (Wildman–Crippen LogP) is 4.83. The van der Waals surface area contributed by atoms with Gasteiger partial charge in [0, 0.05) is 31.7 Å². The molecule has 1 aliphatic rings. The van der Waals surface area contributed by atoms with Gasteiger partial charge in [-0.25, -0.2) is 0 Å². The van der Waals surface area contributed by atoms with Gasteiger partial charge in [0.2, 0.25) is 0 Å². The zero-order valence-corrected chi connectivity index (χ0v) is 17.5. The van der Waals surface area contributed by atoms with Crippen molar-refractivity contribution in [3.8, 4) is 5.75 Å². The van der Waals surface area contributed by atoms with Crippen LogP contribution in [0.4, 0.5) is 0 Å². The Bertz CT molecular complexity index is 895. The first kappa shape index (κ1) is 20.2. The van der Waals surface area contributed by atoms with Crippen molar-refractivity contribution < 1.29 is 4.74 Å². The molecule has 1 fully saturated rings. The summed E-state index contributed by atoms with van der Waals surface area (Å²) in [6, 6.07) is 29.9. The summed E-state index contributed by atoms with van der Waals surface area (Å²) in [4.78, 5) is 2.56. The maximum Gasteiger partial charge on any atom is 0.128 e. The summed E-state index contributed by atoms with van der Waals surface area (Å²) in [6.45, 7) is 6.41. The molecule has 0 amide bonds. The highest BCUT2D eigenvalue weighted by molar-refractivity contribution is 5.83. The van der Waals surface area contributed by atoms with E-state index in [0.29, 0.717) is 6.61 Å². The molecular formula is C26H29N3O. The first-order chi connectivity index (χ1) is 14.8. The van der Waals surface area contributed by atoms with Crippen molar-refractivity contribution in [1.29, 1.82) is 0 Å². The second-order valence-corrected chi connectivity index (χ2v) is 7.43. The highest BCUT2D eigenvalue weighted by Crippen LogP contribution is 2.29. The Hall–Kier alpha value is -3.11. The molecule has 0 saturated carbocycles. The molecule has 0 aromatic heterocycles. The van der Waals surface area contributed by atoms with Crippen LogP contribution in [0.25, 0.3) is 0 Å². The molecule has 3 aromatic rings. The highest BCUT2D eigenvalue weighted by atomic mass is 16.5. The topological polar surface area (TPSA) is 28.1 Å². The Morgan fingerprint density at radius 2 is 1.37 bits per heavy atom. The molecule has 0 unspecified atom stereocenters. The molecule has 4 heteroatoms. The van der Waals surface area contributed by atoms with Gasteiger partial charge >= 0.3 is 0 Å². The summed E-state index contributed by atoms with van der Waals surface area (Å²) < 4.78 is 5.71. The molecule has 3 aromatic carbocycles. The van der Waals surface area contributed by atoms with Crippen LogP contribution in [0.2, 0.25) is 0 Å². The van der Waals surface area contributed by atoms with Crippen LogP contribution in [-0.4, -0.2) is 48.9 Å². The predicted molar refractivity (Wildman–Crippen MR) is 123 cm³/mol. The number of hydrazone groups is 1. The van der Waals surface area contributed by atoms with Crippen LogP contribution in [0.1, 0.15) is 29.7 Å². The lowest BCUT2D eigenvalue weighted by Gasteiger charge is -2.38. The largest absolute Gasteiger partial charge is 0.493 e. The number of piperazine rings is 1. The summed E-state index contributed by atoms with van der Waals surface area (Å²) in [5, 5.41) is 6.90. The molecule has 0 atom stereocenters. The van der Waals surface area contributed by atoms with Crippen LogP contribution in [-0.2, 0) is 0 Å². The summed E-state index contributed by atoms with van der Waals surface area (Å²) in [6.07, 6.45) is 1.92. The van der Waals surface area contributed by atoms with Crippen molar-refractivity contribution in [2.24, 2.45) is 5.10 Å². The number of nitrogens with zero attached hydrogens (tertiary/aromatic N) is 3. The Balaban J connectivity index is 1.45. The molecule has 1 aliphatic heterocycles. The van der Waals surface area contributed by atoms with Gasteiger partial charge in [0.1, 0.15) is 5.75 Å². The third-order valence-corrected chi connectivity index (χ3v) is 5.47. The van der Waals surface area contributed by atoms with Crippen molar-refractivity contribution in [2.45, 2.75) is 13.0 Å². The average Bonchev–Trinajstić information content (AvgIpc) is 2.81. The molecule has 154 valence electrons. The van der Waals surface area contributed by atoms with Gasteiger partial charge in [0.15, 0.2) is 0 Å². The Labute approximate surface area is 179 Å². The fourth-order valence-corrected chi connectivity index (χ4v) is 3.99. The van der Waals surface area contributed by atoms with E-state index in [0.717, 1.165) is 37.5 Å². The van der Waals surface area contributed by atoms with Crippen LogP contribution in [0, 0.1) is 0 Å². The van der Waals surface area contributed by atoms with E-state index in [9.17, 15) is 0 Å². The van der Waals surface area contributed by atoms with E-state index in [1.54, 1.807) is 0 Å². The summed E-state index contributed by atoms with van der Waals surface area (Å²) in [5.74, 6) is 0.885. The maximum atomic E-state index is 5.71. The summed E-state index contributed by atoms with van der Waals surface area (Å²) in [7, 11) is 0. The first-order valence-corrected chi connectivity index (χ1v) is 10.7. The fraction of sp³-hybridized carbons (Fsp3) is 0.269. The number of hydrogen-bond acceptors (Lipinski definition) is 4. The Morgan fingerprint density at radius 3 is 1.97 bits per heavy atom. The standard InChI is InChI=1S/C26H29N3O/c1-2-30-25-16-10-9-15-24(25)21-27-29-19-17-28(18-20-29)26(22-11-5-3-6-12-22)23-13-7-4-8-14-23/h3-16,21,26H,2,17-20H2,1H3. The molecule has 0 spiro atoms. The first-order valence-electron chi connectivity index (χ1n) is 10.7. The minimum absolute atomic E-state index is 0.275. The minimum atomic E-state index is 0.275. The molecule has 4 nitrogen and oxygen atoms in total. The van der Waals surface area contributed by atoms with Gasteiger partial charge in [-0.2, -0.15) is 5.10 Å². The molecule has 1 saturated heterocycles. The number of benzene rings is 3. The average molecular weight is 400 g/mol. The van der Waals surface area contributed by atoms with E-state index in [2.05, 4.69) is 70.6 Å². The Kier molecular flexibility index (Phi) is 6.78. The Morgan fingerprint density at radius 1 is 0.800 bits per heavy atom. The molecule has 0 radical (unpaired) electrons. The van der Waals surface area contributed by atoms with Crippen LogP contribution < -0.4 is 4.74 Å². The van der Waals surface area contributed by atoms with Crippen LogP contribution in [0.3, 0.4) is 0 Å². The van der Waals surface area contributed by atoms with E-state index in [1.165, 1.54) is 11.1 Å². The number of rotatable bonds is 7. The summed E-state index contributed by atoms with van der Waals surface area (Å²) in [5.41, 5.74) is 3.70. The second kappa shape index (κ2) is 10.1. The SMILES string of the molecule is CCOc1ccccc1C=NN1CCN(C(c2ccccc2)c2ccccc2)CC1. The highest BCUT2D eigenvalue weighted by Gasteiger charge is 2.25. The molecule has 1 heterocycles. The van der Waals surface area contributed by atoms with Gasteiger partial charge in [-0.15, -0.1) is 0 Å². The zero-order chi connectivity index (χ0) is 20.6. The van der Waals surface area contributed by atoms with Crippen LogP contribution >= 0.6 is 0 Å². The van der Waals surface area contributed by atoms with Gasteiger partial charge in [-0.1, -0.05) is 72.8 Å². The molecule has 0 aliphatic carbocycles. The number of para-hydroxylation sites is 1. The monoisotopic (exact) mass is 399 g/mol. The van der Waals surface area contributed by atoms with Crippen molar-refractivity contribution in [2.75, 3.05) is 32.8 Å². The lowest BCUT2D eigenvalue weighted by atomic mass is 9.96. The van der Waals surface area contributed by atoms with E-state index in [-0.39, 0.29) is 6.04 Å². The van der Waals surface area contributed by atoms with E-state index < -0.39 is 0 Å². The third-order valence-electron chi connectivity index (χ3n) is 5.47. The van der Waals surface area contributed by atoms with Crippen LogP contribution in [0.5, 0.6) is 5.75 Å².